The summed E-state index contributed by atoms with van der Waals surface area (Å²) >= 11 is 5.32. The molecule has 0 aromatic rings. The molecule has 1 atom stereocenters. The minimum Gasteiger partial charge on any atom is -0.389 e. The number of rotatable bonds is 6. The van der Waals surface area contributed by atoms with E-state index in [9.17, 15) is 4.79 Å². The van der Waals surface area contributed by atoms with E-state index in [1.165, 1.54) is 7.11 Å². The van der Waals surface area contributed by atoms with Crippen LogP contribution in [-0.4, -0.2) is 43.3 Å². The molecule has 0 heterocycles. The van der Waals surface area contributed by atoms with Crippen molar-refractivity contribution in [2.45, 2.75) is 12.5 Å². The fourth-order valence-electron chi connectivity index (χ4n) is 0.657. The molecule has 2 N–H and O–H groups in total. The first-order valence-electron chi connectivity index (χ1n) is 3.70. The van der Waals surface area contributed by atoms with Crippen molar-refractivity contribution in [1.29, 1.82) is 0 Å². The summed E-state index contributed by atoms with van der Waals surface area (Å²) in [4.78, 5) is 10.8. The lowest BCUT2D eigenvalue weighted by Gasteiger charge is -2.09. The molecule has 0 aliphatic rings. The highest BCUT2D eigenvalue weighted by molar-refractivity contribution is 6.18. The largest absolute Gasteiger partial charge is 0.389 e. The lowest BCUT2D eigenvalue weighted by molar-refractivity contribution is -0.121. The van der Waals surface area contributed by atoms with Gasteiger partial charge in [0.15, 0.2) is 0 Å². The molecule has 0 fully saturated rings. The van der Waals surface area contributed by atoms with E-state index in [1.54, 1.807) is 0 Å². The van der Waals surface area contributed by atoms with Crippen LogP contribution in [-0.2, 0) is 9.53 Å². The number of carbonyl (C=O) groups excluding carboxylic acids is 1. The normalized spacial score (nSPS) is 12.6. The third kappa shape index (κ3) is 6.39. The van der Waals surface area contributed by atoms with E-state index in [2.05, 4.69) is 10.1 Å². The van der Waals surface area contributed by atoms with Gasteiger partial charge in [0.25, 0.3) is 0 Å². The summed E-state index contributed by atoms with van der Waals surface area (Å²) in [5.74, 6) is 0.145. The second kappa shape index (κ2) is 7.34. The van der Waals surface area contributed by atoms with Crippen LogP contribution in [0.2, 0.25) is 0 Å². The van der Waals surface area contributed by atoms with Gasteiger partial charge in [-0.3, -0.25) is 4.79 Å². The van der Waals surface area contributed by atoms with Crippen LogP contribution in [0.15, 0.2) is 0 Å². The lowest BCUT2D eigenvalue weighted by Crippen LogP contribution is -2.34. The van der Waals surface area contributed by atoms with E-state index >= 15 is 0 Å². The second-order valence-corrected chi connectivity index (χ2v) is 2.73. The minimum atomic E-state index is -0.644. The Kier molecular flexibility index (Phi) is 7.14. The van der Waals surface area contributed by atoms with Crippen molar-refractivity contribution >= 4 is 17.5 Å². The van der Waals surface area contributed by atoms with Crippen LogP contribution in [0.4, 0.5) is 0 Å². The van der Waals surface area contributed by atoms with Crippen molar-refractivity contribution in [3.63, 3.8) is 0 Å². The predicted molar refractivity (Wildman–Crippen MR) is 46.2 cm³/mol. The van der Waals surface area contributed by atoms with Crippen molar-refractivity contribution in [3.8, 4) is 0 Å². The van der Waals surface area contributed by atoms with Crippen molar-refractivity contribution in [2.24, 2.45) is 0 Å². The van der Waals surface area contributed by atoms with Crippen LogP contribution >= 0.6 is 11.6 Å². The molecule has 0 rings (SSSR count). The van der Waals surface area contributed by atoms with Gasteiger partial charge in [0, 0.05) is 26.0 Å². The molecular weight excluding hydrogens is 182 g/mol. The molecule has 0 bridgehead atoms. The first kappa shape index (κ1) is 11.7. The maximum absolute atomic E-state index is 10.8. The Hall–Kier alpha value is -0.320. The fraction of sp³-hybridized carbons (Fsp3) is 0.857. The number of carbonyl (C=O) groups is 1. The Morgan fingerprint density at radius 3 is 2.92 bits per heavy atom. The van der Waals surface area contributed by atoms with E-state index in [0.717, 1.165) is 0 Å². The number of ether oxygens (including phenoxy) is 1. The van der Waals surface area contributed by atoms with Gasteiger partial charge in [0.05, 0.1) is 12.7 Å². The summed E-state index contributed by atoms with van der Waals surface area (Å²) in [7, 11) is 1.49. The van der Waals surface area contributed by atoms with E-state index in [0.29, 0.717) is 5.88 Å². The first-order valence-corrected chi connectivity index (χ1v) is 4.23. The van der Waals surface area contributed by atoms with E-state index in [1.807, 2.05) is 0 Å². The number of hydrogen-bond donors (Lipinski definition) is 2. The van der Waals surface area contributed by atoms with Crippen LogP contribution in [0.25, 0.3) is 0 Å². The Bertz CT molecular complexity index is 132. The van der Waals surface area contributed by atoms with Crippen LogP contribution < -0.4 is 5.32 Å². The number of nitrogens with one attached hydrogen (secondary N) is 1. The van der Waals surface area contributed by atoms with Gasteiger partial charge in [-0.2, -0.15) is 0 Å². The summed E-state index contributed by atoms with van der Waals surface area (Å²) in [6.45, 7) is 0.435. The topological polar surface area (TPSA) is 58.6 Å². The Labute approximate surface area is 76.9 Å². The van der Waals surface area contributed by atoms with Gasteiger partial charge in [-0.15, -0.1) is 11.6 Å². The fourth-order valence-corrected chi connectivity index (χ4v) is 0.829. The first-order chi connectivity index (χ1) is 5.70. The monoisotopic (exact) mass is 195 g/mol. The summed E-state index contributed by atoms with van der Waals surface area (Å²) < 4.78 is 4.67. The highest BCUT2D eigenvalue weighted by Gasteiger charge is 2.05. The zero-order chi connectivity index (χ0) is 9.40. The quantitative estimate of drug-likeness (QED) is 0.575. The van der Waals surface area contributed by atoms with Crippen molar-refractivity contribution < 1.29 is 14.6 Å². The maximum atomic E-state index is 10.8. The van der Waals surface area contributed by atoms with Gasteiger partial charge in [-0.1, -0.05) is 0 Å². The molecule has 0 aromatic heterocycles. The average molecular weight is 196 g/mol. The standard InChI is InChI=1S/C7H14ClNO3/c1-12-5-6(10)4-9-7(11)2-3-8/h6,10H,2-5H2,1H3,(H,9,11). The van der Waals surface area contributed by atoms with Crippen LogP contribution in [0.1, 0.15) is 6.42 Å². The summed E-state index contributed by atoms with van der Waals surface area (Å²) in [5.41, 5.74) is 0. The Morgan fingerprint density at radius 2 is 2.42 bits per heavy atom. The van der Waals surface area contributed by atoms with Crippen molar-refractivity contribution in [1.82, 2.24) is 5.32 Å². The third-order valence-electron chi connectivity index (χ3n) is 1.22. The van der Waals surface area contributed by atoms with Crippen LogP contribution in [0, 0.1) is 0 Å². The molecule has 0 aliphatic carbocycles. The molecular formula is C7H14ClNO3. The summed E-state index contributed by atoms with van der Waals surface area (Å²) in [6.07, 6.45) is -0.365. The molecule has 0 aliphatic heterocycles. The molecule has 5 heteroatoms. The molecule has 1 unspecified atom stereocenters. The number of aliphatic hydroxyl groups excluding tert-OH is 1. The molecule has 0 aromatic carbocycles. The summed E-state index contributed by atoms with van der Waals surface area (Å²) in [6, 6.07) is 0. The van der Waals surface area contributed by atoms with Crippen LogP contribution in [0.3, 0.4) is 0 Å². The molecule has 72 valence electrons. The van der Waals surface area contributed by atoms with Crippen molar-refractivity contribution in [3.05, 3.63) is 0 Å². The number of hydrogen-bond acceptors (Lipinski definition) is 3. The molecule has 0 radical (unpaired) electrons. The zero-order valence-corrected chi connectivity index (χ0v) is 7.80. The SMILES string of the molecule is COCC(O)CNC(=O)CCCl. The maximum Gasteiger partial charge on any atom is 0.221 e. The van der Waals surface area contributed by atoms with Gasteiger partial charge in [-0.05, 0) is 0 Å². The lowest BCUT2D eigenvalue weighted by atomic mass is 10.3. The number of halogens is 1. The highest BCUT2D eigenvalue weighted by Crippen LogP contribution is 1.85. The zero-order valence-electron chi connectivity index (χ0n) is 7.05. The van der Waals surface area contributed by atoms with Crippen molar-refractivity contribution in [2.75, 3.05) is 26.1 Å². The highest BCUT2D eigenvalue weighted by atomic mass is 35.5. The van der Waals surface area contributed by atoms with Gasteiger partial charge in [0.1, 0.15) is 0 Å². The van der Waals surface area contributed by atoms with Crippen LogP contribution in [0.5, 0.6) is 0 Å². The van der Waals surface area contributed by atoms with E-state index in [4.69, 9.17) is 16.7 Å². The number of amides is 1. The van der Waals surface area contributed by atoms with Gasteiger partial charge >= 0.3 is 0 Å². The minimum absolute atomic E-state index is 0.153. The summed E-state index contributed by atoms with van der Waals surface area (Å²) in [5, 5.41) is 11.6. The van der Waals surface area contributed by atoms with Gasteiger partial charge in [-0.25, -0.2) is 0 Å². The Morgan fingerprint density at radius 1 is 1.75 bits per heavy atom. The third-order valence-corrected chi connectivity index (χ3v) is 1.40. The molecule has 1 amide bonds. The van der Waals surface area contributed by atoms with E-state index in [-0.39, 0.29) is 25.5 Å². The molecule has 0 spiro atoms. The van der Waals surface area contributed by atoms with Gasteiger partial charge in [0.2, 0.25) is 5.91 Å². The number of alkyl halides is 1. The smallest absolute Gasteiger partial charge is 0.221 e. The number of methoxy groups -OCH3 is 1. The average Bonchev–Trinajstić information content (AvgIpc) is 2.02. The van der Waals surface area contributed by atoms with E-state index < -0.39 is 6.10 Å². The Balaban J connectivity index is 3.33. The number of aliphatic hydroxyl groups is 1. The van der Waals surface area contributed by atoms with Gasteiger partial charge < -0.3 is 15.2 Å². The molecule has 12 heavy (non-hydrogen) atoms. The second-order valence-electron chi connectivity index (χ2n) is 2.35. The molecule has 0 saturated carbocycles. The molecule has 0 saturated heterocycles. The molecule has 4 nitrogen and oxygen atoms in total. The predicted octanol–water partition coefficient (Wildman–Crippen LogP) is -0.261.